The van der Waals surface area contributed by atoms with Gasteiger partial charge in [-0.05, 0) is 25.7 Å². The summed E-state index contributed by atoms with van der Waals surface area (Å²) in [7, 11) is 0. The fourth-order valence-corrected chi connectivity index (χ4v) is 5.35. The first-order valence-electron chi connectivity index (χ1n) is 10.7. The molecule has 7 nitrogen and oxygen atoms in total. The Labute approximate surface area is 160 Å². The molecule has 27 heavy (non-hydrogen) atoms. The summed E-state index contributed by atoms with van der Waals surface area (Å²) < 4.78 is 0. The molecule has 1 aliphatic carbocycles. The van der Waals surface area contributed by atoms with Crippen LogP contribution in [-0.2, 0) is 17.8 Å². The second kappa shape index (κ2) is 7.45. The van der Waals surface area contributed by atoms with Crippen LogP contribution in [0.1, 0.15) is 68.1 Å². The molecule has 1 aromatic heterocycles. The van der Waals surface area contributed by atoms with Crippen molar-refractivity contribution in [1.82, 2.24) is 31.0 Å². The quantitative estimate of drug-likeness (QED) is 0.726. The average molecular weight is 371 g/mol. The van der Waals surface area contributed by atoms with Crippen LogP contribution in [-0.4, -0.2) is 45.9 Å². The van der Waals surface area contributed by atoms with Gasteiger partial charge in [-0.1, -0.05) is 19.3 Å². The van der Waals surface area contributed by atoms with Crippen LogP contribution in [0, 0.1) is 5.92 Å². The van der Waals surface area contributed by atoms with Gasteiger partial charge in [-0.3, -0.25) is 10.2 Å². The van der Waals surface area contributed by atoms with Crippen LogP contribution in [0.25, 0.3) is 0 Å². The zero-order valence-electron chi connectivity index (χ0n) is 15.9. The number of aromatic nitrogens is 2. The maximum absolute atomic E-state index is 13.4. The van der Waals surface area contributed by atoms with E-state index in [1.54, 1.807) is 0 Å². The molecule has 146 valence electrons. The number of rotatable bonds is 2. The summed E-state index contributed by atoms with van der Waals surface area (Å²) in [4.78, 5) is 25.0. The first kappa shape index (κ1) is 17.5. The monoisotopic (exact) mass is 370 g/mol. The molecule has 0 radical (unpaired) electrons. The number of likely N-dealkylation sites (tertiary alicyclic amines) is 1. The van der Waals surface area contributed by atoms with Gasteiger partial charge in [-0.15, -0.1) is 0 Å². The number of hydrogen-bond acceptors (Lipinski definition) is 6. The molecule has 4 atom stereocenters. The van der Waals surface area contributed by atoms with Crippen molar-refractivity contribution in [1.29, 1.82) is 0 Å². The van der Waals surface area contributed by atoms with Gasteiger partial charge in [0.15, 0.2) is 5.82 Å². The molecule has 3 N–H and O–H groups in total. The van der Waals surface area contributed by atoms with Gasteiger partial charge in [0.25, 0.3) is 0 Å². The van der Waals surface area contributed by atoms with Crippen LogP contribution in [0.2, 0.25) is 0 Å². The molecule has 3 fully saturated rings. The second-order valence-electron chi connectivity index (χ2n) is 8.49. The molecule has 5 rings (SSSR count). The molecular weight excluding hydrogens is 340 g/mol. The van der Waals surface area contributed by atoms with Gasteiger partial charge in [-0.25, -0.2) is 15.4 Å². The number of nitrogens with zero attached hydrogens (tertiary/aromatic N) is 3. The summed E-state index contributed by atoms with van der Waals surface area (Å²) >= 11 is 0. The van der Waals surface area contributed by atoms with Gasteiger partial charge < -0.3 is 10.2 Å². The average Bonchev–Trinajstić information content (AvgIpc) is 3.29. The maximum atomic E-state index is 13.4. The minimum Gasteiger partial charge on any atom is -0.331 e. The highest BCUT2D eigenvalue weighted by Gasteiger charge is 2.44. The molecular formula is C20H30N6O. The van der Waals surface area contributed by atoms with Gasteiger partial charge in [0, 0.05) is 55.5 Å². The number of hydrazine groups is 1. The van der Waals surface area contributed by atoms with E-state index in [0.717, 1.165) is 56.8 Å². The normalized spacial score (nSPS) is 33.4. The largest absolute Gasteiger partial charge is 0.331 e. The molecule has 4 aliphatic rings. The van der Waals surface area contributed by atoms with Crippen molar-refractivity contribution in [3.63, 3.8) is 0 Å². The topological polar surface area (TPSA) is 82.2 Å². The second-order valence-corrected chi connectivity index (χ2v) is 8.49. The van der Waals surface area contributed by atoms with Crippen molar-refractivity contribution in [2.75, 3.05) is 13.1 Å². The van der Waals surface area contributed by atoms with E-state index in [1.807, 2.05) is 6.20 Å². The van der Waals surface area contributed by atoms with Crippen molar-refractivity contribution in [2.45, 2.75) is 76.0 Å². The van der Waals surface area contributed by atoms with E-state index in [-0.39, 0.29) is 18.0 Å². The molecule has 1 aromatic rings. The first-order valence-corrected chi connectivity index (χ1v) is 10.7. The minimum atomic E-state index is -0.101. The third kappa shape index (κ3) is 3.26. The Morgan fingerprint density at radius 3 is 3.00 bits per heavy atom. The summed E-state index contributed by atoms with van der Waals surface area (Å²) in [5.74, 6) is 1.49. The van der Waals surface area contributed by atoms with Gasteiger partial charge in [-0.2, -0.15) is 0 Å². The number of carbonyl (C=O) groups excluding carboxylic acids is 1. The van der Waals surface area contributed by atoms with Crippen molar-refractivity contribution in [2.24, 2.45) is 5.92 Å². The van der Waals surface area contributed by atoms with Gasteiger partial charge >= 0.3 is 0 Å². The molecule has 4 heterocycles. The van der Waals surface area contributed by atoms with E-state index in [0.29, 0.717) is 12.0 Å². The molecule has 4 unspecified atom stereocenters. The molecule has 0 bridgehead atoms. The van der Waals surface area contributed by atoms with Gasteiger partial charge in [0.05, 0.1) is 6.04 Å². The molecule has 3 aliphatic heterocycles. The van der Waals surface area contributed by atoms with Crippen LogP contribution >= 0.6 is 0 Å². The molecule has 0 aromatic carbocycles. The SMILES string of the molecule is O=C(C1NNC2CCCCCC21)N1CCCC1c1ncc2c(n1)CCNC2. The lowest BCUT2D eigenvalue weighted by atomic mass is 9.89. The third-order valence-electron chi connectivity index (χ3n) is 6.85. The number of amides is 1. The summed E-state index contributed by atoms with van der Waals surface area (Å²) in [6.07, 6.45) is 11.0. The Hall–Kier alpha value is -1.57. The van der Waals surface area contributed by atoms with Crippen molar-refractivity contribution in [3.8, 4) is 0 Å². The number of fused-ring (bicyclic) bond motifs is 2. The van der Waals surface area contributed by atoms with Gasteiger partial charge in [0.1, 0.15) is 6.04 Å². The molecule has 2 saturated heterocycles. The van der Waals surface area contributed by atoms with Crippen molar-refractivity contribution in [3.05, 3.63) is 23.3 Å². The molecule has 0 spiro atoms. The predicted molar refractivity (Wildman–Crippen MR) is 102 cm³/mol. The standard InChI is InChI=1S/C20H30N6O/c27-20(18-14-5-2-1-3-6-16(14)24-25-18)26-10-4-7-17(26)19-22-12-13-11-21-9-8-15(13)23-19/h12,14,16-18,21,24-25H,1-11H2. The fraction of sp³-hybridized carbons (Fsp3) is 0.750. The lowest BCUT2D eigenvalue weighted by Crippen LogP contribution is -2.47. The molecule has 7 heteroatoms. The number of nitrogens with one attached hydrogen (secondary N) is 3. The van der Waals surface area contributed by atoms with Gasteiger partial charge in [0.2, 0.25) is 5.91 Å². The van der Waals surface area contributed by atoms with Crippen LogP contribution in [0.15, 0.2) is 6.20 Å². The van der Waals surface area contributed by atoms with E-state index < -0.39 is 0 Å². The summed E-state index contributed by atoms with van der Waals surface area (Å²) in [5, 5.41) is 3.37. The Kier molecular flexibility index (Phi) is 4.83. The summed E-state index contributed by atoms with van der Waals surface area (Å²) in [6.45, 7) is 2.64. The highest BCUT2D eigenvalue weighted by Crippen LogP contribution is 2.35. The lowest BCUT2D eigenvalue weighted by Gasteiger charge is -2.29. The highest BCUT2D eigenvalue weighted by molar-refractivity contribution is 5.83. The van der Waals surface area contributed by atoms with Crippen LogP contribution in [0.3, 0.4) is 0 Å². The number of hydrogen-bond donors (Lipinski definition) is 3. The number of carbonyl (C=O) groups is 1. The van der Waals surface area contributed by atoms with E-state index in [9.17, 15) is 4.79 Å². The molecule has 1 amide bonds. The summed E-state index contributed by atoms with van der Waals surface area (Å²) in [5.41, 5.74) is 9.10. The third-order valence-corrected chi connectivity index (χ3v) is 6.85. The zero-order valence-corrected chi connectivity index (χ0v) is 15.9. The Morgan fingerprint density at radius 1 is 1.11 bits per heavy atom. The smallest absolute Gasteiger partial charge is 0.242 e. The minimum absolute atomic E-state index is 0.0318. The maximum Gasteiger partial charge on any atom is 0.242 e. The van der Waals surface area contributed by atoms with E-state index >= 15 is 0 Å². The van der Waals surface area contributed by atoms with E-state index in [4.69, 9.17) is 4.98 Å². The Bertz CT molecular complexity index is 710. The van der Waals surface area contributed by atoms with Crippen LogP contribution in [0.4, 0.5) is 0 Å². The van der Waals surface area contributed by atoms with E-state index in [1.165, 1.54) is 31.2 Å². The zero-order chi connectivity index (χ0) is 18.2. The highest BCUT2D eigenvalue weighted by atomic mass is 16.2. The van der Waals surface area contributed by atoms with Crippen LogP contribution < -0.4 is 16.2 Å². The van der Waals surface area contributed by atoms with E-state index in [2.05, 4.69) is 26.1 Å². The Morgan fingerprint density at radius 2 is 2.04 bits per heavy atom. The fourth-order valence-electron chi connectivity index (χ4n) is 5.35. The van der Waals surface area contributed by atoms with Crippen LogP contribution in [0.5, 0.6) is 0 Å². The van der Waals surface area contributed by atoms with Crippen molar-refractivity contribution >= 4 is 5.91 Å². The predicted octanol–water partition coefficient (Wildman–Crippen LogP) is 1.21. The lowest BCUT2D eigenvalue weighted by molar-refractivity contribution is -0.135. The first-order chi connectivity index (χ1) is 13.3. The van der Waals surface area contributed by atoms with Crippen molar-refractivity contribution < 1.29 is 4.79 Å². The summed E-state index contributed by atoms with van der Waals surface area (Å²) in [6, 6.07) is 0.370. The Balaban J connectivity index is 1.35. The molecule has 1 saturated carbocycles.